The molecule has 0 aromatic carbocycles. The summed E-state index contributed by atoms with van der Waals surface area (Å²) in [7, 11) is 3.75. The predicted molar refractivity (Wildman–Crippen MR) is 73.9 cm³/mol. The van der Waals surface area contributed by atoms with E-state index in [4.69, 9.17) is 5.73 Å². The van der Waals surface area contributed by atoms with E-state index in [1.165, 1.54) is 51.4 Å². The Morgan fingerprint density at radius 2 is 1.13 bits per heavy atom. The summed E-state index contributed by atoms with van der Waals surface area (Å²) in [4.78, 5) is 0. The highest BCUT2D eigenvalue weighted by Crippen LogP contribution is 2.07. The van der Waals surface area contributed by atoms with Gasteiger partial charge in [0, 0.05) is 0 Å². The molecule has 0 unspecified atom stereocenters. The van der Waals surface area contributed by atoms with Gasteiger partial charge >= 0.3 is 0 Å². The fourth-order valence-electron chi connectivity index (χ4n) is 1.28. The molecule has 3 N–H and O–H groups in total. The van der Waals surface area contributed by atoms with Crippen molar-refractivity contribution >= 4 is 12.4 Å². The third-order valence-corrected chi connectivity index (χ3v) is 2.06. The zero-order valence-corrected chi connectivity index (χ0v) is 11.7. The first-order valence-electron chi connectivity index (χ1n) is 6.12. The zero-order chi connectivity index (χ0) is 11.1. The van der Waals surface area contributed by atoms with E-state index in [2.05, 4.69) is 12.2 Å². The maximum Gasteiger partial charge on any atom is -0.00773 e. The Balaban J connectivity index is -0.000000320. The van der Waals surface area contributed by atoms with Crippen LogP contribution >= 0.6 is 12.4 Å². The lowest BCUT2D eigenvalue weighted by atomic mass is 10.1. The van der Waals surface area contributed by atoms with Crippen molar-refractivity contribution in [1.82, 2.24) is 5.32 Å². The van der Waals surface area contributed by atoms with Gasteiger partial charge in [-0.3, -0.25) is 0 Å². The van der Waals surface area contributed by atoms with Crippen LogP contribution in [0.3, 0.4) is 0 Å². The first-order chi connectivity index (χ1) is 6.83. The molecule has 2 nitrogen and oxygen atoms in total. The number of rotatable bonds is 8. The molecular weight excluding hydrogens is 208 g/mol. The van der Waals surface area contributed by atoms with Crippen LogP contribution in [0.4, 0.5) is 0 Å². The monoisotopic (exact) mass is 238 g/mol. The molecule has 0 bridgehead atoms. The Bertz CT molecular complexity index is 72.0. The average Bonchev–Trinajstić information content (AvgIpc) is 2.18. The first-order valence-corrected chi connectivity index (χ1v) is 6.12. The highest BCUT2D eigenvalue weighted by atomic mass is 35.5. The molecule has 3 heteroatoms. The Labute approximate surface area is 103 Å². The number of hydrogen-bond acceptors (Lipinski definition) is 2. The molecule has 0 saturated heterocycles. The molecule has 0 atom stereocenters. The van der Waals surface area contributed by atoms with Crippen molar-refractivity contribution in [2.45, 2.75) is 58.3 Å². The topological polar surface area (TPSA) is 38.0 Å². The molecule has 0 radical (unpaired) electrons. The van der Waals surface area contributed by atoms with Gasteiger partial charge in [-0.2, -0.15) is 0 Å². The number of nitrogens with one attached hydrogen (secondary N) is 1. The molecule has 0 aromatic heterocycles. The summed E-state index contributed by atoms with van der Waals surface area (Å²) in [6, 6.07) is 0. The van der Waals surface area contributed by atoms with E-state index < -0.39 is 0 Å². The van der Waals surface area contributed by atoms with Gasteiger partial charge < -0.3 is 11.1 Å². The third kappa shape index (κ3) is 31.4. The van der Waals surface area contributed by atoms with E-state index in [-0.39, 0.29) is 12.4 Å². The Morgan fingerprint density at radius 3 is 1.47 bits per heavy atom. The molecule has 0 aromatic rings. The van der Waals surface area contributed by atoms with Gasteiger partial charge in [-0.15, -0.1) is 12.4 Å². The minimum Gasteiger partial charge on any atom is -0.330 e. The second kappa shape index (κ2) is 23.8. The Morgan fingerprint density at radius 1 is 0.800 bits per heavy atom. The predicted octanol–water partition coefficient (Wildman–Crippen LogP) is 3.34. The number of hydrogen-bond donors (Lipinski definition) is 2. The van der Waals surface area contributed by atoms with Gasteiger partial charge in [-0.25, -0.2) is 0 Å². The van der Waals surface area contributed by atoms with Crippen molar-refractivity contribution in [2.24, 2.45) is 5.73 Å². The molecule has 0 heterocycles. The lowest BCUT2D eigenvalue weighted by Crippen LogP contribution is -1.97. The van der Waals surface area contributed by atoms with Gasteiger partial charge in [-0.1, -0.05) is 51.9 Å². The highest BCUT2D eigenvalue weighted by molar-refractivity contribution is 5.85. The van der Waals surface area contributed by atoms with Crippen LogP contribution in [-0.4, -0.2) is 20.6 Å². The lowest BCUT2D eigenvalue weighted by molar-refractivity contribution is 0.578. The smallest absolute Gasteiger partial charge is 0.00773 e. The van der Waals surface area contributed by atoms with Crippen LogP contribution in [0.5, 0.6) is 0 Å². The second-order valence-electron chi connectivity index (χ2n) is 3.76. The van der Waals surface area contributed by atoms with E-state index in [1.807, 2.05) is 14.1 Å². The summed E-state index contributed by atoms with van der Waals surface area (Å²) < 4.78 is 0. The van der Waals surface area contributed by atoms with Crippen LogP contribution in [0, 0.1) is 0 Å². The third-order valence-electron chi connectivity index (χ3n) is 2.06. The van der Waals surface area contributed by atoms with Gasteiger partial charge in [0.05, 0.1) is 0 Å². The van der Waals surface area contributed by atoms with E-state index >= 15 is 0 Å². The fourth-order valence-corrected chi connectivity index (χ4v) is 1.28. The van der Waals surface area contributed by atoms with E-state index in [0.717, 1.165) is 6.54 Å². The zero-order valence-electron chi connectivity index (χ0n) is 10.8. The summed E-state index contributed by atoms with van der Waals surface area (Å²) in [6.07, 6.45) is 11.0. The first kappa shape index (κ1) is 20.6. The van der Waals surface area contributed by atoms with Gasteiger partial charge in [0.1, 0.15) is 0 Å². The molecule has 15 heavy (non-hydrogen) atoms. The van der Waals surface area contributed by atoms with Crippen molar-refractivity contribution in [3.63, 3.8) is 0 Å². The maximum absolute atomic E-state index is 5.39. The van der Waals surface area contributed by atoms with Crippen LogP contribution in [0.25, 0.3) is 0 Å². The van der Waals surface area contributed by atoms with Crippen molar-refractivity contribution < 1.29 is 0 Å². The number of halogens is 1. The summed E-state index contributed by atoms with van der Waals surface area (Å²) >= 11 is 0. The molecular formula is C12H31ClN2. The number of nitrogens with two attached hydrogens (primary N) is 1. The van der Waals surface area contributed by atoms with Crippen LogP contribution in [0.2, 0.25) is 0 Å². The molecule has 0 aliphatic rings. The SMILES string of the molecule is CCCCCCCCCCN.CNC.Cl. The largest absolute Gasteiger partial charge is 0.330 e. The maximum atomic E-state index is 5.39. The van der Waals surface area contributed by atoms with Crippen LogP contribution in [0.1, 0.15) is 58.3 Å². The van der Waals surface area contributed by atoms with Crippen molar-refractivity contribution in [3.8, 4) is 0 Å². The summed E-state index contributed by atoms with van der Waals surface area (Å²) in [5, 5.41) is 2.75. The minimum absolute atomic E-state index is 0. The lowest BCUT2D eigenvalue weighted by Gasteiger charge is -1.99. The molecule has 96 valence electrons. The van der Waals surface area contributed by atoms with Crippen molar-refractivity contribution in [2.75, 3.05) is 20.6 Å². The van der Waals surface area contributed by atoms with Gasteiger partial charge in [0.25, 0.3) is 0 Å². The second-order valence-corrected chi connectivity index (χ2v) is 3.76. The van der Waals surface area contributed by atoms with E-state index in [0.29, 0.717) is 0 Å². The Kier molecular flexibility index (Phi) is 32.7. The quantitative estimate of drug-likeness (QED) is 0.637. The molecule has 0 saturated carbocycles. The van der Waals surface area contributed by atoms with Crippen LogP contribution in [0.15, 0.2) is 0 Å². The molecule has 0 aliphatic carbocycles. The van der Waals surface area contributed by atoms with Crippen molar-refractivity contribution in [3.05, 3.63) is 0 Å². The van der Waals surface area contributed by atoms with Crippen molar-refractivity contribution in [1.29, 1.82) is 0 Å². The standard InChI is InChI=1S/C10H23N.C2H7N.ClH/c1-2-3-4-5-6-7-8-9-10-11;1-3-2;/h2-11H2,1H3;3H,1-2H3;1H. The highest BCUT2D eigenvalue weighted by Gasteiger charge is 1.89. The normalized spacial score (nSPS) is 8.80. The summed E-state index contributed by atoms with van der Waals surface area (Å²) in [5.41, 5.74) is 5.39. The summed E-state index contributed by atoms with van der Waals surface area (Å²) in [5.74, 6) is 0. The average molecular weight is 239 g/mol. The van der Waals surface area contributed by atoms with Gasteiger partial charge in [0.15, 0.2) is 0 Å². The number of unbranched alkanes of at least 4 members (excludes halogenated alkanes) is 7. The minimum atomic E-state index is 0. The van der Waals surface area contributed by atoms with Crippen LogP contribution in [-0.2, 0) is 0 Å². The van der Waals surface area contributed by atoms with Gasteiger partial charge in [-0.05, 0) is 27.1 Å². The summed E-state index contributed by atoms with van der Waals surface area (Å²) in [6.45, 7) is 3.13. The Hall–Kier alpha value is 0.210. The van der Waals surface area contributed by atoms with E-state index in [1.54, 1.807) is 0 Å². The molecule has 0 rings (SSSR count). The molecule has 0 amide bonds. The molecule has 0 spiro atoms. The molecule has 0 aliphatic heterocycles. The fraction of sp³-hybridized carbons (Fsp3) is 1.00. The van der Waals surface area contributed by atoms with Crippen LogP contribution < -0.4 is 11.1 Å². The van der Waals surface area contributed by atoms with Gasteiger partial charge in [0.2, 0.25) is 0 Å². The van der Waals surface area contributed by atoms with E-state index in [9.17, 15) is 0 Å². The molecule has 0 fully saturated rings.